The number of fused-ring (bicyclic) bond motifs is 1. The number of hydrogen-bond donors (Lipinski definition) is 4. The van der Waals surface area contributed by atoms with Gasteiger partial charge in [0.25, 0.3) is 0 Å². The fraction of sp³-hybridized carbons (Fsp3) is 0.292. The van der Waals surface area contributed by atoms with Gasteiger partial charge in [-0.3, -0.25) is 0 Å². The molecular formula is C24H21ClF3N7O2. The maximum absolute atomic E-state index is 15.1. The number of carbonyl (C=O) groups is 1. The molecule has 4 aromatic rings. The van der Waals surface area contributed by atoms with E-state index in [1.54, 1.807) is 13.0 Å². The number of halogens is 4. The van der Waals surface area contributed by atoms with E-state index in [4.69, 9.17) is 11.6 Å². The summed E-state index contributed by atoms with van der Waals surface area (Å²) in [6.45, 7) is 1.80. The molecule has 2 atom stereocenters. The molecule has 0 unspecified atom stereocenters. The van der Waals surface area contributed by atoms with Gasteiger partial charge in [-0.2, -0.15) is 0 Å². The van der Waals surface area contributed by atoms with E-state index in [1.165, 1.54) is 6.20 Å². The number of aromatic carboxylic acids is 1. The van der Waals surface area contributed by atoms with Crippen LogP contribution >= 0.6 is 11.6 Å². The van der Waals surface area contributed by atoms with Crippen LogP contribution < -0.4 is 10.6 Å². The Labute approximate surface area is 213 Å². The zero-order chi connectivity index (χ0) is 26.3. The third-order valence-corrected chi connectivity index (χ3v) is 6.36. The fourth-order valence-electron chi connectivity index (χ4n) is 4.61. The highest BCUT2D eigenvalue weighted by molar-refractivity contribution is 6.28. The predicted molar refractivity (Wildman–Crippen MR) is 131 cm³/mol. The minimum atomic E-state index is -1.60. The molecule has 0 radical (unpaired) electrons. The van der Waals surface area contributed by atoms with Crippen molar-refractivity contribution in [2.75, 3.05) is 10.6 Å². The lowest BCUT2D eigenvalue weighted by Gasteiger charge is -2.31. The van der Waals surface area contributed by atoms with Crippen molar-refractivity contribution >= 4 is 40.1 Å². The van der Waals surface area contributed by atoms with Crippen molar-refractivity contribution in [2.45, 2.75) is 44.7 Å². The number of nitrogens with one attached hydrogen (secondary N) is 3. The van der Waals surface area contributed by atoms with E-state index >= 15 is 4.39 Å². The third-order valence-electron chi connectivity index (χ3n) is 6.19. The molecule has 1 aliphatic carbocycles. The molecular weight excluding hydrogens is 511 g/mol. The van der Waals surface area contributed by atoms with Crippen molar-refractivity contribution in [3.63, 3.8) is 0 Å². The molecule has 0 spiro atoms. The number of aromatic amines is 1. The summed E-state index contributed by atoms with van der Waals surface area (Å²) in [5, 5.41) is 16.1. The smallest absolute Gasteiger partial charge is 0.357 e. The van der Waals surface area contributed by atoms with Crippen molar-refractivity contribution < 1.29 is 23.1 Å². The van der Waals surface area contributed by atoms with Gasteiger partial charge in [-0.05, 0) is 50.3 Å². The molecule has 1 fully saturated rings. The van der Waals surface area contributed by atoms with Crippen LogP contribution in [0.25, 0.3) is 22.3 Å². The number of anilines is 2. The highest BCUT2D eigenvalue weighted by Gasteiger charge is 2.27. The molecule has 3 heterocycles. The molecule has 0 saturated heterocycles. The van der Waals surface area contributed by atoms with Gasteiger partial charge in [-0.1, -0.05) is 0 Å². The molecule has 5 rings (SSSR count). The number of rotatable bonds is 6. The first-order valence-electron chi connectivity index (χ1n) is 11.5. The fourth-order valence-corrected chi connectivity index (χ4v) is 4.83. The van der Waals surface area contributed by atoms with Gasteiger partial charge in [0.1, 0.15) is 17.5 Å². The Morgan fingerprint density at radius 3 is 2.57 bits per heavy atom. The average molecular weight is 532 g/mol. The summed E-state index contributed by atoms with van der Waals surface area (Å²) in [6, 6.07) is 3.29. The summed E-state index contributed by atoms with van der Waals surface area (Å²) in [5.41, 5.74) is -0.00718. The van der Waals surface area contributed by atoms with Crippen LogP contribution in [0.2, 0.25) is 5.28 Å². The topological polar surface area (TPSA) is 129 Å². The average Bonchev–Trinajstić information content (AvgIpc) is 3.24. The summed E-state index contributed by atoms with van der Waals surface area (Å²) in [7, 11) is 0. The molecule has 1 aliphatic rings. The van der Waals surface area contributed by atoms with Crippen molar-refractivity contribution in [3.05, 3.63) is 58.5 Å². The molecule has 3 aromatic heterocycles. The molecule has 9 nitrogen and oxygen atoms in total. The Morgan fingerprint density at radius 2 is 1.84 bits per heavy atom. The molecule has 4 N–H and O–H groups in total. The quantitative estimate of drug-likeness (QED) is 0.246. The summed E-state index contributed by atoms with van der Waals surface area (Å²) >= 11 is 5.95. The first-order chi connectivity index (χ1) is 17.7. The monoisotopic (exact) mass is 531 g/mol. The Hall–Kier alpha value is -3.93. The van der Waals surface area contributed by atoms with Crippen LogP contribution in [-0.2, 0) is 0 Å². The standard InChI is InChI=1S/C24H21ClF3N7O2/c1-10-5-17(33-24(25)30-10)31-12-3-2-4-13(8-12)32-22-18(28)20(23(36)37)34-21(35-22)15-9-29-19-14(15)6-11(26)7-16(19)27/h5-7,9,12-13,29H,2-4,8H2,1H3,(H,36,37)(H,30,31,33)(H,32,34,35)/t12-,13+/m1/s1. The molecule has 37 heavy (non-hydrogen) atoms. The van der Waals surface area contributed by atoms with Gasteiger partial charge in [-0.25, -0.2) is 37.9 Å². The number of carboxylic acid groups (broad SMARTS) is 1. The number of H-pyrrole nitrogens is 1. The minimum absolute atomic E-state index is 0.00281. The molecule has 0 aliphatic heterocycles. The largest absolute Gasteiger partial charge is 0.476 e. The van der Waals surface area contributed by atoms with Gasteiger partial charge in [0, 0.05) is 47.1 Å². The molecule has 13 heteroatoms. The number of aryl methyl sites for hydroxylation is 1. The van der Waals surface area contributed by atoms with Crippen molar-refractivity contribution in [1.82, 2.24) is 24.9 Å². The van der Waals surface area contributed by atoms with Crippen molar-refractivity contribution in [1.29, 1.82) is 0 Å². The van der Waals surface area contributed by atoms with Crippen LogP contribution in [0.4, 0.5) is 24.8 Å². The lowest BCUT2D eigenvalue weighted by molar-refractivity contribution is 0.0685. The summed E-state index contributed by atoms with van der Waals surface area (Å²) in [6.07, 6.45) is 4.21. The second-order valence-electron chi connectivity index (χ2n) is 8.89. The Balaban J connectivity index is 1.44. The Bertz CT molecular complexity index is 1490. The summed E-state index contributed by atoms with van der Waals surface area (Å²) in [4.78, 5) is 30.7. The lowest BCUT2D eigenvalue weighted by Crippen LogP contribution is -2.35. The van der Waals surface area contributed by atoms with Gasteiger partial charge in [0.05, 0.1) is 5.52 Å². The van der Waals surface area contributed by atoms with E-state index in [0.29, 0.717) is 30.4 Å². The zero-order valence-corrected chi connectivity index (χ0v) is 20.2. The molecule has 192 valence electrons. The van der Waals surface area contributed by atoms with Crippen LogP contribution in [0.1, 0.15) is 41.9 Å². The third kappa shape index (κ3) is 5.15. The van der Waals surface area contributed by atoms with Crippen LogP contribution in [0.5, 0.6) is 0 Å². The van der Waals surface area contributed by atoms with Gasteiger partial charge in [0.2, 0.25) is 5.28 Å². The maximum Gasteiger partial charge on any atom is 0.357 e. The van der Waals surface area contributed by atoms with Crippen molar-refractivity contribution in [3.8, 4) is 11.4 Å². The first-order valence-corrected chi connectivity index (χ1v) is 11.9. The van der Waals surface area contributed by atoms with Crippen LogP contribution in [0.3, 0.4) is 0 Å². The second-order valence-corrected chi connectivity index (χ2v) is 9.23. The molecule has 1 aromatic carbocycles. The number of carboxylic acids is 1. The van der Waals surface area contributed by atoms with Gasteiger partial charge < -0.3 is 20.7 Å². The summed E-state index contributed by atoms with van der Waals surface area (Å²) in [5.74, 6) is -4.30. The number of nitrogens with zero attached hydrogens (tertiary/aromatic N) is 4. The van der Waals surface area contributed by atoms with E-state index in [0.717, 1.165) is 18.9 Å². The SMILES string of the molecule is Cc1cc(N[C@@H]2CCC[C@H](Nc3nc(-c4c[nH]c5c(F)cc(F)cc45)nc(C(=O)O)c3F)C2)nc(Cl)n1. The second kappa shape index (κ2) is 9.85. The first kappa shape index (κ1) is 24.8. The number of hydrogen-bond acceptors (Lipinski definition) is 7. The number of aromatic nitrogens is 5. The lowest BCUT2D eigenvalue weighted by atomic mass is 9.91. The molecule has 0 bridgehead atoms. The summed E-state index contributed by atoms with van der Waals surface area (Å²) < 4.78 is 43.2. The highest BCUT2D eigenvalue weighted by atomic mass is 35.5. The van der Waals surface area contributed by atoms with Crippen LogP contribution in [0.15, 0.2) is 24.4 Å². The predicted octanol–water partition coefficient (Wildman–Crippen LogP) is 5.33. The van der Waals surface area contributed by atoms with E-state index in [2.05, 4.69) is 35.6 Å². The van der Waals surface area contributed by atoms with Gasteiger partial charge >= 0.3 is 5.97 Å². The van der Waals surface area contributed by atoms with E-state index in [9.17, 15) is 18.7 Å². The normalized spacial score (nSPS) is 17.6. The van der Waals surface area contributed by atoms with Crippen LogP contribution in [-0.4, -0.2) is 48.1 Å². The Morgan fingerprint density at radius 1 is 1.08 bits per heavy atom. The van der Waals surface area contributed by atoms with E-state index in [-0.39, 0.29) is 45.5 Å². The maximum atomic E-state index is 15.1. The molecule has 1 saturated carbocycles. The minimum Gasteiger partial charge on any atom is -0.476 e. The Kier molecular flexibility index (Phi) is 6.59. The van der Waals surface area contributed by atoms with Crippen LogP contribution in [0, 0.1) is 24.4 Å². The van der Waals surface area contributed by atoms with Gasteiger partial charge in [-0.15, -0.1) is 0 Å². The zero-order valence-electron chi connectivity index (χ0n) is 19.4. The van der Waals surface area contributed by atoms with E-state index in [1.807, 2.05) is 0 Å². The van der Waals surface area contributed by atoms with E-state index < -0.39 is 29.1 Å². The van der Waals surface area contributed by atoms with Crippen molar-refractivity contribution in [2.24, 2.45) is 0 Å². The molecule has 0 amide bonds. The highest BCUT2D eigenvalue weighted by Crippen LogP contribution is 2.32. The number of benzene rings is 1. The van der Waals surface area contributed by atoms with Gasteiger partial charge in [0.15, 0.2) is 23.2 Å².